The molecule has 0 bridgehead atoms. The van der Waals surface area contributed by atoms with E-state index in [1.54, 1.807) is 6.92 Å². The van der Waals surface area contributed by atoms with Gasteiger partial charge in [0.1, 0.15) is 12.2 Å². The molecule has 0 aromatic heterocycles. The lowest BCUT2D eigenvalue weighted by Crippen LogP contribution is -2.46. The van der Waals surface area contributed by atoms with Crippen molar-refractivity contribution in [2.75, 3.05) is 0 Å². The second-order valence-corrected chi connectivity index (χ2v) is 6.45. The molecule has 6 nitrogen and oxygen atoms in total. The number of hydrogen-bond donors (Lipinski definition) is 1. The molecule has 0 aliphatic heterocycles. The van der Waals surface area contributed by atoms with Gasteiger partial charge in [-0.15, -0.1) is 0 Å². The van der Waals surface area contributed by atoms with Crippen LogP contribution in [0.2, 0.25) is 15.1 Å². The monoisotopic (exact) mass is 410 g/mol. The first-order valence-electron chi connectivity index (χ1n) is 7.45. The summed E-state index contributed by atoms with van der Waals surface area (Å²) in [5.41, 5.74) is -1.51. The summed E-state index contributed by atoms with van der Waals surface area (Å²) >= 11 is 17.9. The summed E-state index contributed by atoms with van der Waals surface area (Å²) in [6, 6.07) is 2.73. The van der Waals surface area contributed by atoms with Crippen molar-refractivity contribution in [1.82, 2.24) is 0 Å². The van der Waals surface area contributed by atoms with Crippen LogP contribution in [0.3, 0.4) is 0 Å². The minimum absolute atomic E-state index is 0.106. The Balaban J connectivity index is 3.14. The van der Waals surface area contributed by atoms with Gasteiger partial charge in [0.2, 0.25) is 5.60 Å². The van der Waals surface area contributed by atoms with Crippen LogP contribution in [0.5, 0.6) is 5.75 Å². The van der Waals surface area contributed by atoms with E-state index < -0.39 is 29.9 Å². The van der Waals surface area contributed by atoms with E-state index in [-0.39, 0.29) is 33.7 Å². The third-order valence-corrected chi connectivity index (χ3v) is 4.40. The van der Waals surface area contributed by atoms with Crippen LogP contribution in [0.4, 0.5) is 0 Å². The van der Waals surface area contributed by atoms with Crippen LogP contribution in [0.1, 0.15) is 39.5 Å². The van der Waals surface area contributed by atoms with Crippen molar-refractivity contribution in [3.63, 3.8) is 0 Å². The smallest absolute Gasteiger partial charge is 0.358 e. The number of rotatable bonds is 8. The molecule has 0 fully saturated rings. The number of aliphatic carboxylic acids is 1. The second kappa shape index (κ2) is 9.27. The van der Waals surface area contributed by atoms with Crippen molar-refractivity contribution in [3.05, 3.63) is 27.2 Å². The number of carboxylic acid groups (broad SMARTS) is 1. The molecule has 0 heterocycles. The molecular formula is C16H17Cl3O6. The highest BCUT2D eigenvalue weighted by Crippen LogP contribution is 2.37. The number of esters is 2. The van der Waals surface area contributed by atoms with E-state index in [0.29, 0.717) is 6.42 Å². The molecule has 0 aliphatic rings. The number of ether oxygens (including phenoxy) is 2. The van der Waals surface area contributed by atoms with Crippen LogP contribution < -0.4 is 4.74 Å². The summed E-state index contributed by atoms with van der Waals surface area (Å²) in [7, 11) is 0. The fourth-order valence-corrected chi connectivity index (χ4v) is 2.72. The molecule has 0 radical (unpaired) electrons. The van der Waals surface area contributed by atoms with Crippen LogP contribution in [0.15, 0.2) is 12.1 Å². The maximum absolute atomic E-state index is 12.5. The first-order valence-corrected chi connectivity index (χ1v) is 8.59. The Hall–Kier alpha value is -1.50. The Morgan fingerprint density at radius 3 is 2.20 bits per heavy atom. The van der Waals surface area contributed by atoms with E-state index in [0.717, 1.165) is 0 Å². The van der Waals surface area contributed by atoms with Crippen LogP contribution in [-0.2, 0) is 19.1 Å². The SMILES string of the molecule is CCCC(CC)(Oc1cc(Cl)c(Cl)cc1Cl)C(=O)OC(=O)CC(=O)O. The van der Waals surface area contributed by atoms with Crippen molar-refractivity contribution in [2.24, 2.45) is 0 Å². The Kier molecular flexibility index (Phi) is 7.99. The lowest BCUT2D eigenvalue weighted by Gasteiger charge is -2.31. The molecule has 25 heavy (non-hydrogen) atoms. The van der Waals surface area contributed by atoms with Gasteiger partial charge in [0, 0.05) is 6.07 Å². The number of halogens is 3. The zero-order chi connectivity index (χ0) is 19.2. The zero-order valence-corrected chi connectivity index (χ0v) is 15.9. The lowest BCUT2D eigenvalue weighted by atomic mass is 9.94. The fourth-order valence-electron chi connectivity index (χ4n) is 2.14. The predicted molar refractivity (Wildman–Crippen MR) is 93.4 cm³/mol. The van der Waals surface area contributed by atoms with E-state index >= 15 is 0 Å². The van der Waals surface area contributed by atoms with Crippen molar-refractivity contribution < 1.29 is 29.0 Å². The van der Waals surface area contributed by atoms with Gasteiger partial charge in [-0.05, 0) is 18.9 Å². The number of carbonyl (C=O) groups excluding carboxylic acids is 2. The first kappa shape index (κ1) is 21.5. The molecule has 0 saturated carbocycles. The predicted octanol–water partition coefficient (Wildman–Crippen LogP) is 4.52. The molecule has 1 N–H and O–H groups in total. The van der Waals surface area contributed by atoms with E-state index in [1.807, 2.05) is 6.92 Å². The molecule has 9 heteroatoms. The first-order chi connectivity index (χ1) is 11.6. The molecule has 1 rings (SSSR count). The Morgan fingerprint density at radius 2 is 1.68 bits per heavy atom. The molecule has 1 atom stereocenters. The number of hydrogen-bond acceptors (Lipinski definition) is 5. The third-order valence-electron chi connectivity index (χ3n) is 3.38. The molecule has 0 aliphatic carbocycles. The van der Waals surface area contributed by atoms with Gasteiger partial charge in [-0.2, -0.15) is 0 Å². The standard InChI is InChI=1S/C16H17Cl3O6/c1-3-5-16(4-2,15(23)24-14(22)8-13(20)21)25-12-7-10(18)9(17)6-11(12)19/h6-7H,3-5,8H2,1-2H3,(H,20,21). The van der Waals surface area contributed by atoms with Gasteiger partial charge in [0.25, 0.3) is 0 Å². The molecule has 1 aromatic carbocycles. The minimum Gasteiger partial charge on any atom is -0.481 e. The number of carboxylic acids is 1. The average Bonchev–Trinajstić information content (AvgIpc) is 2.50. The third kappa shape index (κ3) is 5.76. The van der Waals surface area contributed by atoms with Gasteiger partial charge >= 0.3 is 17.9 Å². The molecular weight excluding hydrogens is 395 g/mol. The topological polar surface area (TPSA) is 89.9 Å². The van der Waals surface area contributed by atoms with Gasteiger partial charge < -0.3 is 14.6 Å². The zero-order valence-electron chi connectivity index (χ0n) is 13.6. The second-order valence-electron chi connectivity index (χ2n) is 5.23. The highest BCUT2D eigenvalue weighted by atomic mass is 35.5. The summed E-state index contributed by atoms with van der Waals surface area (Å²) in [5, 5.41) is 9.13. The molecule has 138 valence electrons. The van der Waals surface area contributed by atoms with E-state index in [9.17, 15) is 14.4 Å². The molecule has 1 aromatic rings. The summed E-state index contributed by atoms with van der Waals surface area (Å²) in [5.74, 6) is -3.45. The molecule has 0 saturated heterocycles. The Morgan fingerprint density at radius 1 is 1.08 bits per heavy atom. The van der Waals surface area contributed by atoms with Gasteiger partial charge in [-0.1, -0.05) is 55.1 Å². The van der Waals surface area contributed by atoms with Gasteiger partial charge in [0.15, 0.2) is 0 Å². The van der Waals surface area contributed by atoms with Crippen LogP contribution in [0.25, 0.3) is 0 Å². The molecule has 0 amide bonds. The largest absolute Gasteiger partial charge is 0.481 e. The fraction of sp³-hybridized carbons (Fsp3) is 0.438. The van der Waals surface area contributed by atoms with Crippen molar-refractivity contribution in [2.45, 2.75) is 45.1 Å². The summed E-state index contributed by atoms with van der Waals surface area (Å²) < 4.78 is 10.4. The Bertz CT molecular complexity index is 676. The maximum Gasteiger partial charge on any atom is 0.358 e. The average molecular weight is 412 g/mol. The normalized spacial score (nSPS) is 13.0. The lowest BCUT2D eigenvalue weighted by molar-refractivity contribution is -0.173. The van der Waals surface area contributed by atoms with E-state index in [4.69, 9.17) is 44.6 Å². The quantitative estimate of drug-likeness (QED) is 0.384. The highest BCUT2D eigenvalue weighted by Gasteiger charge is 2.42. The van der Waals surface area contributed by atoms with E-state index in [2.05, 4.69) is 4.74 Å². The van der Waals surface area contributed by atoms with Crippen molar-refractivity contribution >= 4 is 52.7 Å². The van der Waals surface area contributed by atoms with Crippen LogP contribution in [-0.4, -0.2) is 28.6 Å². The summed E-state index contributed by atoms with van der Waals surface area (Å²) in [4.78, 5) is 34.5. The van der Waals surface area contributed by atoms with Crippen molar-refractivity contribution in [1.29, 1.82) is 0 Å². The molecule has 0 spiro atoms. The Labute approximate surface area is 159 Å². The summed E-state index contributed by atoms with van der Waals surface area (Å²) in [6.45, 7) is 3.49. The van der Waals surface area contributed by atoms with Gasteiger partial charge in [0.05, 0.1) is 15.1 Å². The van der Waals surface area contributed by atoms with Gasteiger partial charge in [-0.25, -0.2) is 4.79 Å². The number of benzene rings is 1. The highest BCUT2D eigenvalue weighted by molar-refractivity contribution is 6.43. The van der Waals surface area contributed by atoms with Crippen molar-refractivity contribution in [3.8, 4) is 5.75 Å². The van der Waals surface area contributed by atoms with Gasteiger partial charge in [-0.3, -0.25) is 9.59 Å². The minimum atomic E-state index is -1.51. The van der Waals surface area contributed by atoms with Crippen LogP contribution in [0, 0.1) is 0 Å². The summed E-state index contributed by atoms with van der Waals surface area (Å²) in [6.07, 6.45) is -0.00392. The number of carbonyl (C=O) groups is 3. The molecule has 1 unspecified atom stereocenters. The van der Waals surface area contributed by atoms with Crippen LogP contribution >= 0.6 is 34.8 Å². The maximum atomic E-state index is 12.5. The van der Waals surface area contributed by atoms with E-state index in [1.165, 1.54) is 12.1 Å².